The summed E-state index contributed by atoms with van der Waals surface area (Å²) >= 11 is 0. The fourth-order valence-electron chi connectivity index (χ4n) is 3.26. The van der Waals surface area contributed by atoms with E-state index in [4.69, 9.17) is 4.74 Å². The first kappa shape index (κ1) is 28.3. The van der Waals surface area contributed by atoms with Crippen molar-refractivity contribution in [2.75, 3.05) is 5.32 Å². The van der Waals surface area contributed by atoms with Crippen molar-refractivity contribution in [3.8, 4) is 11.6 Å². The number of aromatic carboxylic acids is 1. The third-order valence-electron chi connectivity index (χ3n) is 5.17. The number of ether oxygens (including phenoxy) is 1. The third kappa shape index (κ3) is 7.28. The lowest BCUT2D eigenvalue weighted by atomic mass is 9.92. The first-order chi connectivity index (χ1) is 16.1. The molecular formula is C24H36N4O6S. The summed E-state index contributed by atoms with van der Waals surface area (Å²) in [6.07, 6.45) is 0.821. The Morgan fingerprint density at radius 3 is 2.34 bits per heavy atom. The quantitative estimate of drug-likeness (QED) is 0.422. The second kappa shape index (κ2) is 10.8. The minimum absolute atomic E-state index is 0.0172. The second-order valence-corrected chi connectivity index (χ2v) is 11.8. The maximum absolute atomic E-state index is 13.3. The van der Waals surface area contributed by atoms with Gasteiger partial charge >= 0.3 is 5.97 Å². The molecule has 0 aliphatic rings. The van der Waals surface area contributed by atoms with Crippen LogP contribution in [0.5, 0.6) is 11.6 Å². The molecule has 0 spiro atoms. The highest BCUT2D eigenvalue weighted by Gasteiger charge is 2.27. The minimum atomic E-state index is -4.04. The maximum atomic E-state index is 13.3. The van der Waals surface area contributed by atoms with Gasteiger partial charge in [-0.3, -0.25) is 4.79 Å². The number of carbonyl (C=O) groups is 2. The predicted octanol–water partition coefficient (Wildman–Crippen LogP) is 4.71. The van der Waals surface area contributed by atoms with Crippen LogP contribution < -0.4 is 14.8 Å². The van der Waals surface area contributed by atoms with Crippen molar-refractivity contribution >= 4 is 27.6 Å². The molecule has 0 bridgehead atoms. The fraction of sp³-hybridized carbons (Fsp3) is 0.542. The lowest BCUT2D eigenvalue weighted by Gasteiger charge is -2.19. The van der Waals surface area contributed by atoms with Crippen LogP contribution in [0.25, 0.3) is 0 Å². The zero-order valence-corrected chi connectivity index (χ0v) is 22.4. The molecule has 0 radical (unpaired) electrons. The van der Waals surface area contributed by atoms with E-state index < -0.39 is 16.0 Å². The standard InChI is InChI=1S/C24H36N4O6S/c1-9-15(4)27-35(32,33)19-12-17(25-20(29)13-24(6,7)8)10-11-18(19)34-22-16(5)21(23(30)31)26-28(22)14(2)3/h10-12,14-15,27H,9,13H2,1-8H3,(H,25,29)(H,30,31). The molecule has 1 aromatic heterocycles. The van der Waals surface area contributed by atoms with Crippen LogP contribution in [0.2, 0.25) is 0 Å². The number of aromatic nitrogens is 2. The lowest BCUT2D eigenvalue weighted by molar-refractivity contribution is -0.117. The number of nitrogens with zero attached hydrogens (tertiary/aromatic N) is 2. The van der Waals surface area contributed by atoms with Gasteiger partial charge < -0.3 is 15.2 Å². The van der Waals surface area contributed by atoms with Gasteiger partial charge in [-0.1, -0.05) is 27.7 Å². The van der Waals surface area contributed by atoms with Gasteiger partial charge in [0.1, 0.15) is 10.6 Å². The van der Waals surface area contributed by atoms with Crippen molar-refractivity contribution in [1.29, 1.82) is 0 Å². The molecule has 0 fully saturated rings. The summed E-state index contributed by atoms with van der Waals surface area (Å²) in [6.45, 7) is 14.6. The first-order valence-electron chi connectivity index (χ1n) is 11.5. The van der Waals surface area contributed by atoms with Crippen LogP contribution in [0.15, 0.2) is 23.1 Å². The number of sulfonamides is 1. The summed E-state index contributed by atoms with van der Waals surface area (Å²) in [5.41, 5.74) is 0.153. The maximum Gasteiger partial charge on any atom is 0.356 e. The Morgan fingerprint density at radius 1 is 1.20 bits per heavy atom. The van der Waals surface area contributed by atoms with Gasteiger partial charge in [0.05, 0.1) is 6.04 Å². The molecule has 35 heavy (non-hydrogen) atoms. The number of anilines is 1. The Kier molecular flexibility index (Phi) is 8.72. The van der Waals surface area contributed by atoms with Crippen LogP contribution in [-0.4, -0.2) is 41.2 Å². The van der Waals surface area contributed by atoms with Crippen LogP contribution in [0.1, 0.15) is 83.4 Å². The van der Waals surface area contributed by atoms with E-state index in [0.717, 1.165) is 0 Å². The van der Waals surface area contributed by atoms with Gasteiger partial charge in [-0.05, 0) is 57.7 Å². The first-order valence-corrected chi connectivity index (χ1v) is 13.0. The number of carbonyl (C=O) groups excluding carboxylic acids is 1. The number of rotatable bonds is 10. The number of hydrogen-bond donors (Lipinski definition) is 3. The van der Waals surface area contributed by atoms with E-state index in [-0.39, 0.29) is 57.6 Å². The molecule has 0 aliphatic carbocycles. The Hall–Kier alpha value is -2.92. The van der Waals surface area contributed by atoms with Crippen molar-refractivity contribution in [3.05, 3.63) is 29.5 Å². The molecule has 1 atom stereocenters. The van der Waals surface area contributed by atoms with Crippen molar-refractivity contribution in [1.82, 2.24) is 14.5 Å². The molecule has 2 rings (SSSR count). The van der Waals surface area contributed by atoms with E-state index in [1.54, 1.807) is 33.8 Å². The Labute approximate surface area is 207 Å². The summed E-state index contributed by atoms with van der Waals surface area (Å²) in [4.78, 5) is 23.9. The SMILES string of the molecule is CCC(C)NS(=O)(=O)c1cc(NC(=O)CC(C)(C)C)ccc1Oc1c(C)c(C(=O)O)nn1C(C)C. The van der Waals surface area contributed by atoms with E-state index in [1.807, 2.05) is 27.7 Å². The smallest absolute Gasteiger partial charge is 0.356 e. The fourth-order valence-corrected chi connectivity index (χ4v) is 4.74. The van der Waals surface area contributed by atoms with Gasteiger partial charge in [0, 0.05) is 23.7 Å². The average molecular weight is 509 g/mol. The van der Waals surface area contributed by atoms with Gasteiger partial charge in [0.2, 0.25) is 21.8 Å². The monoisotopic (exact) mass is 508 g/mol. The molecule has 10 nitrogen and oxygen atoms in total. The molecule has 0 saturated carbocycles. The number of benzene rings is 1. The number of hydrogen-bond acceptors (Lipinski definition) is 6. The van der Waals surface area contributed by atoms with Crippen molar-refractivity contribution in [2.45, 2.75) is 85.2 Å². The molecule has 11 heteroatoms. The average Bonchev–Trinajstić information content (AvgIpc) is 3.04. The lowest BCUT2D eigenvalue weighted by Crippen LogP contribution is -2.32. The molecule has 2 aromatic rings. The zero-order chi connectivity index (χ0) is 26.7. The molecule has 1 unspecified atom stereocenters. The Bertz CT molecular complexity index is 1200. The van der Waals surface area contributed by atoms with Crippen molar-refractivity contribution < 1.29 is 27.9 Å². The van der Waals surface area contributed by atoms with Crippen LogP contribution in [0.3, 0.4) is 0 Å². The summed E-state index contributed by atoms with van der Waals surface area (Å²) in [6, 6.07) is 3.74. The van der Waals surface area contributed by atoms with E-state index in [9.17, 15) is 23.1 Å². The summed E-state index contributed by atoms with van der Waals surface area (Å²) in [5, 5.41) is 16.4. The van der Waals surface area contributed by atoms with Crippen LogP contribution >= 0.6 is 0 Å². The number of carboxylic acid groups (broad SMARTS) is 1. The van der Waals surface area contributed by atoms with Gasteiger partial charge in [0.25, 0.3) is 0 Å². The van der Waals surface area contributed by atoms with Crippen LogP contribution in [0.4, 0.5) is 5.69 Å². The molecule has 194 valence electrons. The third-order valence-corrected chi connectivity index (χ3v) is 6.78. The molecule has 1 amide bonds. The highest BCUT2D eigenvalue weighted by atomic mass is 32.2. The molecule has 0 aliphatic heterocycles. The summed E-state index contributed by atoms with van der Waals surface area (Å²) in [5.74, 6) is -1.35. The summed E-state index contributed by atoms with van der Waals surface area (Å²) in [7, 11) is -4.04. The Morgan fingerprint density at radius 2 is 1.83 bits per heavy atom. The second-order valence-electron chi connectivity index (χ2n) is 10.1. The number of nitrogens with one attached hydrogen (secondary N) is 2. The normalized spacial score (nSPS) is 13.1. The van der Waals surface area contributed by atoms with Crippen LogP contribution in [0, 0.1) is 12.3 Å². The number of carboxylic acids is 1. The van der Waals surface area contributed by atoms with E-state index in [2.05, 4.69) is 15.1 Å². The highest BCUT2D eigenvalue weighted by molar-refractivity contribution is 7.89. The number of amides is 1. The molecule has 0 saturated heterocycles. The van der Waals surface area contributed by atoms with Gasteiger partial charge in [-0.25, -0.2) is 22.6 Å². The predicted molar refractivity (Wildman–Crippen MR) is 134 cm³/mol. The summed E-state index contributed by atoms with van der Waals surface area (Å²) < 4.78 is 36.6. The van der Waals surface area contributed by atoms with E-state index in [1.165, 1.54) is 16.8 Å². The minimum Gasteiger partial charge on any atom is -0.476 e. The van der Waals surface area contributed by atoms with E-state index in [0.29, 0.717) is 12.1 Å². The largest absolute Gasteiger partial charge is 0.476 e. The topological polar surface area (TPSA) is 140 Å². The van der Waals surface area contributed by atoms with Crippen LogP contribution in [-0.2, 0) is 14.8 Å². The highest BCUT2D eigenvalue weighted by Crippen LogP contribution is 2.35. The zero-order valence-electron chi connectivity index (χ0n) is 21.6. The van der Waals surface area contributed by atoms with Gasteiger partial charge in [0.15, 0.2) is 5.69 Å². The molecule has 1 aromatic carbocycles. The van der Waals surface area contributed by atoms with Crippen molar-refractivity contribution in [2.24, 2.45) is 5.41 Å². The van der Waals surface area contributed by atoms with Crippen molar-refractivity contribution in [3.63, 3.8) is 0 Å². The Balaban J connectivity index is 2.59. The molecule has 3 N–H and O–H groups in total. The van der Waals surface area contributed by atoms with Gasteiger partial charge in [-0.2, -0.15) is 5.10 Å². The van der Waals surface area contributed by atoms with E-state index >= 15 is 0 Å². The molecular weight excluding hydrogens is 472 g/mol. The van der Waals surface area contributed by atoms with Gasteiger partial charge in [-0.15, -0.1) is 0 Å². The molecule has 1 heterocycles.